The molecule has 0 bridgehead atoms. The minimum atomic E-state index is -4.32. The van der Waals surface area contributed by atoms with E-state index in [1.54, 1.807) is 51.1 Å². The van der Waals surface area contributed by atoms with E-state index in [0.29, 0.717) is 34.3 Å². The Balaban J connectivity index is 2.37. The maximum atomic E-state index is 12.7. The van der Waals surface area contributed by atoms with Gasteiger partial charge in [-0.05, 0) is 35.9 Å². The Bertz CT molecular complexity index is 1000. The standard InChI is InChI=1S/C23H26F3NO5S/c1-22(2,3)21(30)27-16-6-8-17(15(11-16)12-33-13-23(24,25)26)32-19-9-14(10-20(28)29)5-7-18(19)31-4/h5-9,11H,10,12-13H2,1-4H3,(H,27,30)(H,28,29). The summed E-state index contributed by atoms with van der Waals surface area (Å²) >= 11 is 0.666. The highest BCUT2D eigenvalue weighted by atomic mass is 32.2. The van der Waals surface area contributed by atoms with Gasteiger partial charge in [0.1, 0.15) is 5.75 Å². The van der Waals surface area contributed by atoms with E-state index in [2.05, 4.69) is 5.32 Å². The first-order valence-electron chi connectivity index (χ1n) is 9.94. The summed E-state index contributed by atoms with van der Waals surface area (Å²) in [4.78, 5) is 23.4. The van der Waals surface area contributed by atoms with Gasteiger partial charge in [-0.3, -0.25) is 9.59 Å². The number of alkyl halides is 3. The lowest BCUT2D eigenvalue weighted by Crippen LogP contribution is -2.27. The van der Waals surface area contributed by atoms with Crippen molar-refractivity contribution in [3.05, 3.63) is 47.5 Å². The average molecular weight is 486 g/mol. The molecule has 0 saturated carbocycles. The minimum Gasteiger partial charge on any atom is -0.493 e. The molecule has 2 rings (SSSR count). The van der Waals surface area contributed by atoms with E-state index in [1.165, 1.54) is 13.2 Å². The van der Waals surface area contributed by atoms with E-state index in [4.69, 9.17) is 14.6 Å². The second-order valence-corrected chi connectivity index (χ2v) is 9.28. The number of carbonyl (C=O) groups is 2. The Kier molecular flexibility index (Phi) is 8.65. The number of anilines is 1. The normalized spacial score (nSPS) is 11.7. The van der Waals surface area contributed by atoms with Crippen LogP contribution in [-0.4, -0.2) is 36.0 Å². The lowest BCUT2D eigenvalue weighted by atomic mass is 9.95. The highest BCUT2D eigenvalue weighted by Crippen LogP contribution is 2.37. The number of carboxylic acid groups (broad SMARTS) is 1. The summed E-state index contributed by atoms with van der Waals surface area (Å²) in [5, 5.41) is 11.8. The Morgan fingerprint density at radius 2 is 1.70 bits per heavy atom. The lowest BCUT2D eigenvalue weighted by molar-refractivity contribution is -0.136. The molecule has 0 heterocycles. The van der Waals surface area contributed by atoms with Crippen LogP contribution < -0.4 is 14.8 Å². The molecule has 0 radical (unpaired) electrons. The highest BCUT2D eigenvalue weighted by Gasteiger charge is 2.27. The molecule has 0 aliphatic rings. The third kappa shape index (κ3) is 8.53. The molecule has 2 aromatic rings. The van der Waals surface area contributed by atoms with Gasteiger partial charge in [0.05, 0.1) is 19.3 Å². The number of carboxylic acids is 1. The molecule has 10 heteroatoms. The molecular weight excluding hydrogens is 459 g/mol. The number of aliphatic carboxylic acids is 1. The number of carbonyl (C=O) groups excluding carboxylic acids is 1. The first-order valence-corrected chi connectivity index (χ1v) is 11.1. The van der Waals surface area contributed by atoms with Crippen LogP contribution in [0.2, 0.25) is 0 Å². The Morgan fingerprint density at radius 3 is 2.27 bits per heavy atom. The summed E-state index contributed by atoms with van der Waals surface area (Å²) in [5.41, 5.74) is 0.677. The van der Waals surface area contributed by atoms with E-state index >= 15 is 0 Å². The van der Waals surface area contributed by atoms with Crippen molar-refractivity contribution in [3.63, 3.8) is 0 Å². The predicted molar refractivity (Wildman–Crippen MR) is 121 cm³/mol. The number of halogens is 3. The topological polar surface area (TPSA) is 84.9 Å². The molecule has 2 N–H and O–H groups in total. The van der Waals surface area contributed by atoms with Gasteiger partial charge in [-0.1, -0.05) is 26.8 Å². The number of benzene rings is 2. The summed E-state index contributed by atoms with van der Waals surface area (Å²) < 4.78 is 49.2. The summed E-state index contributed by atoms with van der Waals surface area (Å²) in [6, 6.07) is 9.36. The predicted octanol–water partition coefficient (Wildman–Crippen LogP) is 5.89. The summed E-state index contributed by atoms with van der Waals surface area (Å²) in [6.07, 6.45) is -4.55. The number of methoxy groups -OCH3 is 1. The van der Waals surface area contributed by atoms with Crippen LogP contribution in [0.25, 0.3) is 0 Å². The number of nitrogens with one attached hydrogen (secondary N) is 1. The van der Waals surface area contributed by atoms with Gasteiger partial charge in [-0.25, -0.2) is 0 Å². The molecule has 2 aromatic carbocycles. The Hall–Kier alpha value is -2.88. The molecule has 0 aliphatic carbocycles. The molecule has 0 fully saturated rings. The van der Waals surface area contributed by atoms with E-state index in [0.717, 1.165) is 0 Å². The number of hydrogen-bond acceptors (Lipinski definition) is 5. The molecule has 6 nitrogen and oxygen atoms in total. The molecule has 0 spiro atoms. The molecule has 0 saturated heterocycles. The number of thioether (sulfide) groups is 1. The quantitative estimate of drug-likeness (QED) is 0.460. The van der Waals surface area contributed by atoms with Crippen LogP contribution in [-0.2, 0) is 21.8 Å². The van der Waals surface area contributed by atoms with Gasteiger partial charge in [0.25, 0.3) is 0 Å². The first-order chi connectivity index (χ1) is 15.3. The van der Waals surface area contributed by atoms with Crippen molar-refractivity contribution < 1.29 is 37.3 Å². The largest absolute Gasteiger partial charge is 0.493 e. The molecule has 1 amide bonds. The SMILES string of the molecule is COc1ccc(CC(=O)O)cc1Oc1ccc(NC(=O)C(C)(C)C)cc1CSCC(F)(F)F. The number of hydrogen-bond donors (Lipinski definition) is 2. The van der Waals surface area contributed by atoms with E-state index in [-0.39, 0.29) is 29.6 Å². The minimum absolute atomic E-state index is 0.0226. The third-order valence-corrected chi connectivity index (χ3v) is 5.37. The van der Waals surface area contributed by atoms with Crippen molar-refractivity contribution in [2.45, 2.75) is 39.1 Å². The third-order valence-electron chi connectivity index (χ3n) is 4.33. The fourth-order valence-electron chi connectivity index (χ4n) is 2.67. The van der Waals surface area contributed by atoms with Crippen molar-refractivity contribution in [1.82, 2.24) is 0 Å². The zero-order valence-corrected chi connectivity index (χ0v) is 19.5. The summed E-state index contributed by atoms with van der Waals surface area (Å²) in [5.74, 6) is -1.49. The molecule has 0 unspecified atom stereocenters. The zero-order valence-electron chi connectivity index (χ0n) is 18.7. The van der Waals surface area contributed by atoms with Gasteiger partial charge in [0.15, 0.2) is 11.5 Å². The molecule has 0 aromatic heterocycles. The van der Waals surface area contributed by atoms with Gasteiger partial charge in [-0.15, -0.1) is 11.8 Å². The Morgan fingerprint density at radius 1 is 1.03 bits per heavy atom. The van der Waals surface area contributed by atoms with Crippen LogP contribution in [0.5, 0.6) is 17.2 Å². The highest BCUT2D eigenvalue weighted by molar-refractivity contribution is 7.98. The smallest absolute Gasteiger partial charge is 0.397 e. The lowest BCUT2D eigenvalue weighted by Gasteiger charge is -2.19. The van der Waals surface area contributed by atoms with E-state index in [1.807, 2.05) is 0 Å². The maximum Gasteiger partial charge on any atom is 0.397 e. The van der Waals surface area contributed by atoms with Gasteiger partial charge in [0.2, 0.25) is 5.91 Å². The molecule has 0 atom stereocenters. The van der Waals surface area contributed by atoms with Crippen molar-refractivity contribution >= 4 is 29.3 Å². The second-order valence-electron chi connectivity index (χ2n) is 8.29. The van der Waals surface area contributed by atoms with Crippen molar-refractivity contribution in [2.24, 2.45) is 5.41 Å². The monoisotopic (exact) mass is 485 g/mol. The van der Waals surface area contributed by atoms with Gasteiger partial charge >= 0.3 is 12.1 Å². The molecular formula is C23H26F3NO5S. The van der Waals surface area contributed by atoms with Crippen LogP contribution in [0.4, 0.5) is 18.9 Å². The van der Waals surface area contributed by atoms with Crippen molar-refractivity contribution in [3.8, 4) is 17.2 Å². The van der Waals surface area contributed by atoms with Crippen LogP contribution in [0.3, 0.4) is 0 Å². The number of ether oxygens (including phenoxy) is 2. The molecule has 180 valence electrons. The van der Waals surface area contributed by atoms with Crippen LogP contribution >= 0.6 is 11.8 Å². The molecule has 0 aliphatic heterocycles. The van der Waals surface area contributed by atoms with Crippen LogP contribution in [0.15, 0.2) is 36.4 Å². The average Bonchev–Trinajstić information content (AvgIpc) is 2.68. The summed E-state index contributed by atoms with van der Waals surface area (Å²) in [7, 11) is 1.42. The van der Waals surface area contributed by atoms with Crippen LogP contribution in [0, 0.1) is 5.41 Å². The van der Waals surface area contributed by atoms with E-state index < -0.39 is 23.3 Å². The van der Waals surface area contributed by atoms with Gasteiger partial charge in [0, 0.05) is 22.4 Å². The zero-order chi connectivity index (χ0) is 24.8. The van der Waals surface area contributed by atoms with Gasteiger partial charge in [-0.2, -0.15) is 13.2 Å². The Labute approximate surface area is 194 Å². The maximum absolute atomic E-state index is 12.7. The van der Waals surface area contributed by atoms with Gasteiger partial charge < -0.3 is 19.9 Å². The first kappa shape index (κ1) is 26.4. The fraction of sp³-hybridized carbons (Fsp3) is 0.391. The van der Waals surface area contributed by atoms with E-state index in [9.17, 15) is 22.8 Å². The van der Waals surface area contributed by atoms with Crippen molar-refractivity contribution in [2.75, 3.05) is 18.2 Å². The summed E-state index contributed by atoms with van der Waals surface area (Å²) in [6.45, 7) is 5.24. The van der Waals surface area contributed by atoms with Crippen LogP contribution in [0.1, 0.15) is 31.9 Å². The second kappa shape index (κ2) is 10.8. The molecule has 33 heavy (non-hydrogen) atoms. The number of amides is 1. The van der Waals surface area contributed by atoms with Crippen molar-refractivity contribution in [1.29, 1.82) is 0 Å². The fourth-order valence-corrected chi connectivity index (χ4v) is 3.45. The number of rotatable bonds is 9.